The Balaban J connectivity index is 2.27. The second kappa shape index (κ2) is 4.71. The lowest BCUT2D eigenvalue weighted by Crippen LogP contribution is -2.21. The summed E-state index contributed by atoms with van der Waals surface area (Å²) in [7, 11) is 4.09. The summed E-state index contributed by atoms with van der Waals surface area (Å²) in [6.45, 7) is 5.78. The van der Waals surface area contributed by atoms with Crippen LogP contribution in [0.15, 0.2) is 10.7 Å². The van der Waals surface area contributed by atoms with Gasteiger partial charge in [0.2, 0.25) is 5.71 Å². The summed E-state index contributed by atoms with van der Waals surface area (Å²) >= 11 is 0. The van der Waals surface area contributed by atoms with Crippen molar-refractivity contribution < 1.29 is 4.42 Å². The van der Waals surface area contributed by atoms with Crippen LogP contribution in [0, 0.1) is 13.8 Å². The van der Waals surface area contributed by atoms with Crippen molar-refractivity contribution in [3.63, 3.8) is 0 Å². The molecule has 0 atom stereocenters. The van der Waals surface area contributed by atoms with Gasteiger partial charge in [0, 0.05) is 18.7 Å². The molecule has 2 heterocycles. The molecule has 5 heteroatoms. The number of anilines is 1. The van der Waals surface area contributed by atoms with E-state index < -0.39 is 0 Å². The zero-order valence-corrected chi connectivity index (χ0v) is 10.7. The first-order chi connectivity index (χ1) is 8.09. The van der Waals surface area contributed by atoms with Crippen molar-refractivity contribution in [1.82, 2.24) is 14.9 Å². The van der Waals surface area contributed by atoms with Gasteiger partial charge in [0.15, 0.2) is 0 Å². The summed E-state index contributed by atoms with van der Waals surface area (Å²) in [4.78, 5) is 10.5. The molecule has 0 amide bonds. The Kier molecular flexibility index (Phi) is 3.28. The molecule has 0 aliphatic carbocycles. The predicted octanol–water partition coefficient (Wildman–Crippen LogP) is 1.81. The van der Waals surface area contributed by atoms with E-state index in [2.05, 4.69) is 20.2 Å². The Morgan fingerprint density at radius 1 is 1.29 bits per heavy atom. The largest absolute Gasteiger partial charge is 0.443 e. The first-order valence-electron chi connectivity index (χ1n) is 5.69. The zero-order chi connectivity index (χ0) is 12.4. The lowest BCUT2D eigenvalue weighted by molar-refractivity contribution is 0.425. The molecule has 0 aromatic carbocycles. The van der Waals surface area contributed by atoms with E-state index in [1.54, 1.807) is 0 Å². The number of likely N-dealkylation sites (N-methyl/N-ethyl adjacent to an activating group) is 1. The van der Waals surface area contributed by atoms with Crippen LogP contribution < -0.4 is 5.32 Å². The Morgan fingerprint density at radius 3 is 2.76 bits per heavy atom. The standard InChI is InChI=1S/C12H18N4O/c1-8-9(2)17-12-10(8)11(14-7-15-12)13-5-6-16(3)4/h7H,5-6H2,1-4H3,(H,13,14,15). The van der Waals surface area contributed by atoms with Crippen molar-refractivity contribution in [3.8, 4) is 0 Å². The van der Waals surface area contributed by atoms with E-state index in [0.717, 1.165) is 35.6 Å². The highest BCUT2D eigenvalue weighted by Gasteiger charge is 2.12. The minimum atomic E-state index is 0.655. The zero-order valence-electron chi connectivity index (χ0n) is 10.7. The van der Waals surface area contributed by atoms with Gasteiger partial charge in [0.25, 0.3) is 0 Å². The highest BCUT2D eigenvalue weighted by molar-refractivity contribution is 5.89. The SMILES string of the molecule is Cc1oc2ncnc(NCCN(C)C)c2c1C. The summed E-state index contributed by atoms with van der Waals surface area (Å²) in [6, 6.07) is 0. The van der Waals surface area contributed by atoms with Gasteiger partial charge in [-0.3, -0.25) is 0 Å². The third kappa shape index (κ3) is 2.39. The highest BCUT2D eigenvalue weighted by Crippen LogP contribution is 2.27. The predicted molar refractivity (Wildman–Crippen MR) is 68.3 cm³/mol. The fourth-order valence-electron chi connectivity index (χ4n) is 1.71. The van der Waals surface area contributed by atoms with Crippen molar-refractivity contribution in [3.05, 3.63) is 17.7 Å². The van der Waals surface area contributed by atoms with Gasteiger partial charge in [0.1, 0.15) is 17.9 Å². The molecule has 0 aliphatic rings. The van der Waals surface area contributed by atoms with Gasteiger partial charge in [-0.05, 0) is 27.9 Å². The molecule has 0 fully saturated rings. The van der Waals surface area contributed by atoms with Gasteiger partial charge in [0.05, 0.1) is 5.39 Å². The molecular formula is C12H18N4O. The second-order valence-corrected chi connectivity index (χ2v) is 4.42. The van der Waals surface area contributed by atoms with Gasteiger partial charge in [-0.1, -0.05) is 0 Å². The first-order valence-corrected chi connectivity index (χ1v) is 5.69. The van der Waals surface area contributed by atoms with Crippen LogP contribution >= 0.6 is 0 Å². The van der Waals surface area contributed by atoms with E-state index in [1.807, 2.05) is 27.9 Å². The Hall–Kier alpha value is -1.62. The minimum absolute atomic E-state index is 0.655. The third-order valence-corrected chi connectivity index (χ3v) is 2.82. The maximum Gasteiger partial charge on any atom is 0.231 e. The van der Waals surface area contributed by atoms with E-state index >= 15 is 0 Å². The van der Waals surface area contributed by atoms with E-state index in [9.17, 15) is 0 Å². The summed E-state index contributed by atoms with van der Waals surface area (Å²) in [5.74, 6) is 1.75. The Labute approximate surface area is 101 Å². The summed E-state index contributed by atoms with van der Waals surface area (Å²) < 4.78 is 5.57. The molecule has 2 aromatic heterocycles. The Bertz CT molecular complexity index is 518. The van der Waals surface area contributed by atoms with Crippen LogP contribution in [0.4, 0.5) is 5.82 Å². The number of hydrogen-bond donors (Lipinski definition) is 1. The maximum absolute atomic E-state index is 5.57. The maximum atomic E-state index is 5.57. The smallest absolute Gasteiger partial charge is 0.231 e. The highest BCUT2D eigenvalue weighted by atomic mass is 16.3. The number of hydrogen-bond acceptors (Lipinski definition) is 5. The molecule has 0 radical (unpaired) electrons. The molecule has 2 rings (SSSR count). The number of nitrogens with zero attached hydrogens (tertiary/aromatic N) is 3. The average Bonchev–Trinajstić information content (AvgIpc) is 2.55. The molecule has 0 bridgehead atoms. The summed E-state index contributed by atoms with van der Waals surface area (Å²) in [6.07, 6.45) is 1.53. The third-order valence-electron chi connectivity index (χ3n) is 2.82. The Morgan fingerprint density at radius 2 is 2.06 bits per heavy atom. The van der Waals surface area contributed by atoms with Crippen molar-refractivity contribution in [2.45, 2.75) is 13.8 Å². The molecule has 0 aliphatic heterocycles. The molecule has 92 valence electrons. The molecule has 1 N–H and O–H groups in total. The number of rotatable bonds is 4. The normalized spacial score (nSPS) is 11.4. The molecule has 2 aromatic rings. The van der Waals surface area contributed by atoms with Crippen LogP contribution in [-0.2, 0) is 0 Å². The number of fused-ring (bicyclic) bond motifs is 1. The topological polar surface area (TPSA) is 54.2 Å². The van der Waals surface area contributed by atoms with E-state index in [1.165, 1.54) is 6.33 Å². The molecule has 17 heavy (non-hydrogen) atoms. The molecule has 5 nitrogen and oxygen atoms in total. The number of furan rings is 1. The molecule has 0 spiro atoms. The fourth-order valence-corrected chi connectivity index (χ4v) is 1.71. The van der Waals surface area contributed by atoms with Crippen molar-refractivity contribution in [1.29, 1.82) is 0 Å². The van der Waals surface area contributed by atoms with Gasteiger partial charge in [-0.2, -0.15) is 0 Å². The van der Waals surface area contributed by atoms with Crippen LogP contribution in [0.2, 0.25) is 0 Å². The van der Waals surface area contributed by atoms with Crippen molar-refractivity contribution in [2.24, 2.45) is 0 Å². The van der Waals surface area contributed by atoms with Crippen LogP contribution in [0.5, 0.6) is 0 Å². The second-order valence-electron chi connectivity index (χ2n) is 4.42. The van der Waals surface area contributed by atoms with Crippen molar-refractivity contribution >= 4 is 16.9 Å². The number of nitrogens with one attached hydrogen (secondary N) is 1. The van der Waals surface area contributed by atoms with Crippen LogP contribution in [0.3, 0.4) is 0 Å². The minimum Gasteiger partial charge on any atom is -0.443 e. The molecule has 0 saturated carbocycles. The van der Waals surface area contributed by atoms with E-state index in [-0.39, 0.29) is 0 Å². The van der Waals surface area contributed by atoms with Gasteiger partial charge in [-0.15, -0.1) is 0 Å². The summed E-state index contributed by atoms with van der Waals surface area (Å²) in [5, 5.41) is 4.31. The average molecular weight is 234 g/mol. The lowest BCUT2D eigenvalue weighted by atomic mass is 10.2. The molecule has 0 unspecified atom stereocenters. The monoisotopic (exact) mass is 234 g/mol. The van der Waals surface area contributed by atoms with Gasteiger partial charge < -0.3 is 14.6 Å². The van der Waals surface area contributed by atoms with E-state index in [0.29, 0.717) is 5.71 Å². The van der Waals surface area contributed by atoms with Crippen LogP contribution in [0.1, 0.15) is 11.3 Å². The van der Waals surface area contributed by atoms with Gasteiger partial charge in [-0.25, -0.2) is 9.97 Å². The molecule has 0 saturated heterocycles. The quantitative estimate of drug-likeness (QED) is 0.874. The first kappa shape index (κ1) is 11.9. The van der Waals surface area contributed by atoms with E-state index in [4.69, 9.17) is 4.42 Å². The lowest BCUT2D eigenvalue weighted by Gasteiger charge is -2.11. The summed E-state index contributed by atoms with van der Waals surface area (Å²) in [5.41, 5.74) is 1.76. The van der Waals surface area contributed by atoms with Crippen LogP contribution in [0.25, 0.3) is 11.1 Å². The van der Waals surface area contributed by atoms with Crippen molar-refractivity contribution in [2.75, 3.05) is 32.5 Å². The number of aryl methyl sites for hydroxylation is 2. The number of aromatic nitrogens is 2. The van der Waals surface area contributed by atoms with Crippen LogP contribution in [-0.4, -0.2) is 42.1 Å². The fraction of sp³-hybridized carbons (Fsp3) is 0.500. The van der Waals surface area contributed by atoms with Gasteiger partial charge >= 0.3 is 0 Å². The molecular weight excluding hydrogens is 216 g/mol.